The lowest BCUT2D eigenvalue weighted by Gasteiger charge is -2.25. The van der Waals surface area contributed by atoms with E-state index in [0.29, 0.717) is 5.92 Å². The Morgan fingerprint density at radius 3 is 2.50 bits per heavy atom. The van der Waals surface area contributed by atoms with Gasteiger partial charge < -0.3 is 5.32 Å². The van der Waals surface area contributed by atoms with Crippen LogP contribution in [0.3, 0.4) is 0 Å². The summed E-state index contributed by atoms with van der Waals surface area (Å²) in [4.78, 5) is 12.1. The fourth-order valence-electron chi connectivity index (χ4n) is 3.11. The minimum Gasteiger partial charge on any atom is -0.338 e. The molecule has 2 saturated carbocycles. The van der Waals surface area contributed by atoms with Crippen molar-refractivity contribution in [1.82, 2.24) is 5.32 Å². The Morgan fingerprint density at radius 1 is 1.31 bits per heavy atom. The topological polar surface area (TPSA) is 52.9 Å². The average Bonchev–Trinajstić information content (AvgIpc) is 2.87. The Labute approximate surface area is 97.2 Å². The summed E-state index contributed by atoms with van der Waals surface area (Å²) in [6, 6.07) is 2.31. The second-order valence-corrected chi connectivity index (χ2v) is 5.40. The van der Waals surface area contributed by atoms with Crippen molar-refractivity contribution in [2.24, 2.45) is 11.8 Å². The maximum atomic E-state index is 12.1. The molecule has 1 N–H and O–H groups in total. The molecule has 0 bridgehead atoms. The molecular weight excluding hydrogens is 200 g/mol. The molecule has 0 radical (unpaired) electrons. The lowest BCUT2D eigenvalue weighted by molar-refractivity contribution is -0.127. The molecule has 3 nitrogen and oxygen atoms in total. The highest BCUT2D eigenvalue weighted by molar-refractivity contribution is 5.80. The van der Waals surface area contributed by atoms with Crippen LogP contribution in [-0.2, 0) is 4.79 Å². The first-order valence-corrected chi connectivity index (χ1v) is 6.40. The lowest BCUT2D eigenvalue weighted by atomic mass is 9.93. The predicted molar refractivity (Wildman–Crippen MR) is 61.5 cm³/mol. The second-order valence-electron chi connectivity index (χ2n) is 5.40. The predicted octanol–water partition coefficient (Wildman–Crippen LogP) is 2.38. The van der Waals surface area contributed by atoms with Crippen LogP contribution >= 0.6 is 0 Å². The van der Waals surface area contributed by atoms with E-state index in [4.69, 9.17) is 0 Å². The summed E-state index contributed by atoms with van der Waals surface area (Å²) in [6.45, 7) is 2.14. The van der Waals surface area contributed by atoms with E-state index in [-0.39, 0.29) is 11.8 Å². The van der Waals surface area contributed by atoms with E-state index in [0.717, 1.165) is 44.9 Å². The Bertz CT molecular complexity index is 312. The Balaban J connectivity index is 1.98. The van der Waals surface area contributed by atoms with E-state index in [2.05, 4.69) is 18.3 Å². The monoisotopic (exact) mass is 220 g/mol. The van der Waals surface area contributed by atoms with Crippen molar-refractivity contribution in [3.05, 3.63) is 0 Å². The van der Waals surface area contributed by atoms with Crippen LogP contribution in [0.4, 0.5) is 0 Å². The van der Waals surface area contributed by atoms with Crippen LogP contribution in [-0.4, -0.2) is 11.4 Å². The molecule has 0 aromatic carbocycles. The summed E-state index contributed by atoms with van der Waals surface area (Å²) in [7, 11) is 0. The van der Waals surface area contributed by atoms with Crippen LogP contribution in [0.5, 0.6) is 0 Å². The SMILES string of the molecule is CC1CCCC1C(=O)NC1(C#N)CCCC1. The number of nitriles is 1. The van der Waals surface area contributed by atoms with Gasteiger partial charge in [0.15, 0.2) is 0 Å². The van der Waals surface area contributed by atoms with E-state index in [1.165, 1.54) is 0 Å². The number of hydrogen-bond donors (Lipinski definition) is 1. The molecular formula is C13H20N2O. The average molecular weight is 220 g/mol. The van der Waals surface area contributed by atoms with Crippen molar-refractivity contribution >= 4 is 5.91 Å². The van der Waals surface area contributed by atoms with Crippen molar-refractivity contribution in [3.8, 4) is 6.07 Å². The van der Waals surface area contributed by atoms with Gasteiger partial charge in [-0.1, -0.05) is 13.3 Å². The normalized spacial score (nSPS) is 32.2. The van der Waals surface area contributed by atoms with Gasteiger partial charge in [0.2, 0.25) is 5.91 Å². The van der Waals surface area contributed by atoms with Gasteiger partial charge in [0.1, 0.15) is 5.54 Å². The summed E-state index contributed by atoms with van der Waals surface area (Å²) in [5.41, 5.74) is -0.542. The van der Waals surface area contributed by atoms with Gasteiger partial charge >= 0.3 is 0 Å². The highest BCUT2D eigenvalue weighted by atomic mass is 16.2. The summed E-state index contributed by atoms with van der Waals surface area (Å²) in [5.74, 6) is 0.747. The highest BCUT2D eigenvalue weighted by Crippen LogP contribution is 2.34. The van der Waals surface area contributed by atoms with Crippen LogP contribution < -0.4 is 5.32 Å². The summed E-state index contributed by atoms with van der Waals surface area (Å²) < 4.78 is 0. The van der Waals surface area contributed by atoms with Crippen LogP contribution in [0.15, 0.2) is 0 Å². The second kappa shape index (κ2) is 4.45. The quantitative estimate of drug-likeness (QED) is 0.776. The summed E-state index contributed by atoms with van der Waals surface area (Å²) in [5, 5.41) is 12.2. The van der Waals surface area contributed by atoms with Crippen LogP contribution in [0, 0.1) is 23.2 Å². The van der Waals surface area contributed by atoms with Gasteiger partial charge in [-0.25, -0.2) is 0 Å². The third kappa shape index (κ3) is 2.07. The van der Waals surface area contributed by atoms with Gasteiger partial charge in [-0.15, -0.1) is 0 Å². The molecule has 88 valence electrons. The number of nitrogens with one attached hydrogen (secondary N) is 1. The number of hydrogen-bond acceptors (Lipinski definition) is 2. The molecule has 2 atom stereocenters. The van der Waals surface area contributed by atoms with Crippen LogP contribution in [0.25, 0.3) is 0 Å². The standard InChI is InChI=1S/C13H20N2O/c1-10-5-4-6-11(10)12(16)15-13(9-14)7-2-3-8-13/h10-11H,2-8H2,1H3,(H,15,16). The van der Waals surface area contributed by atoms with Crippen molar-refractivity contribution in [3.63, 3.8) is 0 Å². The van der Waals surface area contributed by atoms with Crippen molar-refractivity contribution in [2.75, 3.05) is 0 Å². The minimum atomic E-state index is -0.542. The first-order chi connectivity index (χ1) is 7.67. The van der Waals surface area contributed by atoms with Gasteiger partial charge in [0.05, 0.1) is 6.07 Å². The van der Waals surface area contributed by atoms with Crippen molar-refractivity contribution in [1.29, 1.82) is 5.26 Å². The molecule has 2 fully saturated rings. The van der Waals surface area contributed by atoms with Gasteiger partial charge in [-0.05, 0) is 44.4 Å². The molecule has 0 aliphatic heterocycles. The zero-order valence-electron chi connectivity index (χ0n) is 9.96. The Kier molecular flexibility index (Phi) is 3.18. The molecule has 2 rings (SSSR count). The molecule has 0 heterocycles. The molecule has 2 unspecified atom stereocenters. The van der Waals surface area contributed by atoms with Gasteiger partial charge in [-0.3, -0.25) is 4.79 Å². The number of amides is 1. The Hall–Kier alpha value is -1.04. The molecule has 2 aliphatic carbocycles. The van der Waals surface area contributed by atoms with E-state index in [1.54, 1.807) is 0 Å². The molecule has 0 saturated heterocycles. The number of carbonyl (C=O) groups excluding carboxylic acids is 1. The first kappa shape index (κ1) is 11.4. The molecule has 0 aromatic heterocycles. The molecule has 1 amide bonds. The smallest absolute Gasteiger partial charge is 0.224 e. The van der Waals surface area contributed by atoms with Gasteiger partial charge in [0, 0.05) is 5.92 Å². The molecule has 0 spiro atoms. The zero-order chi connectivity index (χ0) is 11.6. The maximum Gasteiger partial charge on any atom is 0.224 e. The first-order valence-electron chi connectivity index (χ1n) is 6.40. The third-order valence-electron chi connectivity index (χ3n) is 4.23. The highest BCUT2D eigenvalue weighted by Gasteiger charge is 2.39. The minimum absolute atomic E-state index is 0.119. The van der Waals surface area contributed by atoms with E-state index >= 15 is 0 Å². The van der Waals surface area contributed by atoms with Gasteiger partial charge in [-0.2, -0.15) is 5.26 Å². The molecule has 16 heavy (non-hydrogen) atoms. The number of rotatable bonds is 2. The van der Waals surface area contributed by atoms with Crippen LogP contribution in [0.2, 0.25) is 0 Å². The van der Waals surface area contributed by atoms with Crippen molar-refractivity contribution in [2.45, 2.75) is 57.4 Å². The number of carbonyl (C=O) groups is 1. The largest absolute Gasteiger partial charge is 0.338 e. The molecule has 3 heteroatoms. The summed E-state index contributed by atoms with van der Waals surface area (Å²) in [6.07, 6.45) is 7.08. The zero-order valence-corrected chi connectivity index (χ0v) is 9.96. The molecule has 2 aliphatic rings. The fourth-order valence-corrected chi connectivity index (χ4v) is 3.11. The van der Waals surface area contributed by atoms with Crippen LogP contribution in [0.1, 0.15) is 51.9 Å². The van der Waals surface area contributed by atoms with E-state index < -0.39 is 5.54 Å². The van der Waals surface area contributed by atoms with E-state index in [1.807, 2.05) is 0 Å². The summed E-state index contributed by atoms with van der Waals surface area (Å²) >= 11 is 0. The number of nitrogens with zero attached hydrogens (tertiary/aromatic N) is 1. The fraction of sp³-hybridized carbons (Fsp3) is 0.846. The van der Waals surface area contributed by atoms with Crippen molar-refractivity contribution < 1.29 is 4.79 Å². The van der Waals surface area contributed by atoms with Gasteiger partial charge in [0.25, 0.3) is 0 Å². The Morgan fingerprint density at radius 2 is 2.00 bits per heavy atom. The third-order valence-corrected chi connectivity index (χ3v) is 4.23. The molecule has 0 aromatic rings. The lowest BCUT2D eigenvalue weighted by Crippen LogP contribution is -2.48. The van der Waals surface area contributed by atoms with E-state index in [9.17, 15) is 10.1 Å². The maximum absolute atomic E-state index is 12.1.